The first-order valence-corrected chi connectivity index (χ1v) is 5.47. The van der Waals surface area contributed by atoms with Crippen molar-refractivity contribution in [1.82, 2.24) is 0 Å². The van der Waals surface area contributed by atoms with E-state index in [2.05, 4.69) is 5.75 Å². The van der Waals surface area contributed by atoms with Gasteiger partial charge in [-0.2, -0.15) is 0 Å². The molecule has 1 aromatic carbocycles. The minimum atomic E-state index is -0.105. The van der Waals surface area contributed by atoms with Gasteiger partial charge in [-0.1, -0.05) is 36.4 Å². The molecule has 1 N–H and O–H groups in total. The molecule has 15 heavy (non-hydrogen) atoms. The van der Waals surface area contributed by atoms with Crippen molar-refractivity contribution in [3.8, 4) is 5.75 Å². The molecule has 0 aliphatic rings. The zero-order chi connectivity index (χ0) is 11.6. The maximum absolute atomic E-state index is 9.98. The number of quaternary nitrogens is 1. The van der Waals surface area contributed by atoms with E-state index >= 15 is 0 Å². The smallest absolute Gasteiger partial charge is 0.0623 e. The van der Waals surface area contributed by atoms with Gasteiger partial charge in [-0.05, 0) is 0 Å². The summed E-state index contributed by atoms with van der Waals surface area (Å²) in [6.45, 7) is 0.644. The van der Waals surface area contributed by atoms with Gasteiger partial charge >= 0.3 is 55.1 Å². The van der Waals surface area contributed by atoms with Gasteiger partial charge in [0.05, 0.1) is 0 Å². The van der Waals surface area contributed by atoms with Crippen LogP contribution in [0.5, 0.6) is 0 Å². The van der Waals surface area contributed by atoms with Gasteiger partial charge < -0.3 is 0 Å². The number of benzene rings is 1. The van der Waals surface area contributed by atoms with Crippen molar-refractivity contribution >= 4 is 7.92 Å². The molecule has 1 aromatic rings. The summed E-state index contributed by atoms with van der Waals surface area (Å²) in [6.07, 6.45) is 0. The fourth-order valence-corrected chi connectivity index (χ4v) is 1.12. The third kappa shape index (κ3) is 9.45. The molecule has 0 radical (unpaired) electrons. The third-order valence-electron chi connectivity index (χ3n) is 1.64. The van der Waals surface area contributed by atoms with Crippen LogP contribution >= 0.6 is 7.92 Å². The van der Waals surface area contributed by atoms with E-state index in [9.17, 15) is 4.57 Å². The monoisotopic (exact) mass is 226 g/mol. The van der Waals surface area contributed by atoms with Crippen LogP contribution in [0.15, 0.2) is 36.4 Å². The van der Waals surface area contributed by atoms with E-state index in [4.69, 9.17) is 5.11 Å². The zero-order valence-electron chi connectivity index (χ0n) is 9.13. The summed E-state index contributed by atoms with van der Waals surface area (Å²) in [4.78, 5) is 0. The molecule has 0 heterocycles. The number of aliphatic hydroxyl groups is 1. The van der Waals surface area contributed by atoms with Crippen molar-refractivity contribution < 1.29 is 14.2 Å². The van der Waals surface area contributed by atoms with Crippen molar-refractivity contribution in [2.45, 2.75) is 0 Å². The molecule has 0 aliphatic heterocycles. The quantitative estimate of drug-likeness (QED) is 0.618. The number of aliphatic hydroxyl groups excluding tert-OH is 1. The molecule has 4 heteroatoms. The minimum Gasteiger partial charge on any atom is -0.0623 e. The topological polar surface area (TPSA) is 37.3 Å². The number of rotatable bonds is 2. The van der Waals surface area contributed by atoms with Crippen LogP contribution in [-0.4, -0.2) is 36.8 Å². The second kappa shape index (κ2) is 8.46. The second-order valence-electron chi connectivity index (χ2n) is 3.48. The van der Waals surface area contributed by atoms with Crippen LogP contribution < -0.4 is 0 Å². The molecule has 0 saturated carbocycles. The van der Waals surface area contributed by atoms with Crippen LogP contribution in [0.3, 0.4) is 0 Å². The Kier molecular flexibility index (Phi) is 7.98. The Morgan fingerprint density at radius 1 is 1.13 bits per heavy atom. The SMILES string of the molecule is C[N+](C)(C#P=O)CCO.c1ccccc1. The average molecular weight is 226 g/mol. The van der Waals surface area contributed by atoms with Gasteiger partial charge in [0.15, 0.2) is 0 Å². The Labute approximate surface area is 92.1 Å². The maximum Gasteiger partial charge on any atom is -0.0623 e. The maximum atomic E-state index is 9.98. The van der Waals surface area contributed by atoms with Crippen LogP contribution in [0, 0.1) is 5.75 Å². The minimum absolute atomic E-state index is 0.0928. The average Bonchev–Trinajstić information content (AvgIpc) is 2.21. The van der Waals surface area contributed by atoms with E-state index in [0.717, 1.165) is 0 Å². The largest absolute Gasteiger partial charge is 0.0623 e. The molecule has 0 aliphatic carbocycles. The van der Waals surface area contributed by atoms with Crippen LogP contribution in [0.1, 0.15) is 0 Å². The Hall–Kier alpha value is -0.850. The standard InChI is InChI=1S/C6H6.C5H11NO2P/c1-2-4-6-5-3-1;1-6(2,3-4-7)5-9-8/h1-6H;7H,3-4H2,1-2H3/q;+1. The van der Waals surface area contributed by atoms with Gasteiger partial charge in [-0.15, -0.1) is 0 Å². The molecule has 0 bridgehead atoms. The summed E-state index contributed by atoms with van der Waals surface area (Å²) in [5.41, 5.74) is 0. The summed E-state index contributed by atoms with van der Waals surface area (Å²) < 4.78 is 10.3. The number of nitrogens with zero attached hydrogens (tertiary/aromatic N) is 1. The van der Waals surface area contributed by atoms with Crippen molar-refractivity contribution in [3.63, 3.8) is 0 Å². The Bertz CT molecular complexity index is 318. The van der Waals surface area contributed by atoms with E-state index in [0.29, 0.717) is 11.0 Å². The van der Waals surface area contributed by atoms with Crippen molar-refractivity contribution in [2.24, 2.45) is 0 Å². The molecule has 0 unspecified atom stereocenters. The number of hydrogen-bond acceptors (Lipinski definition) is 2. The molecule has 0 fully saturated rings. The molecule has 0 saturated heterocycles. The van der Waals surface area contributed by atoms with Gasteiger partial charge in [0.25, 0.3) is 0 Å². The van der Waals surface area contributed by atoms with Crippen LogP contribution in [0.25, 0.3) is 0 Å². The normalized spacial score (nSPS) is 9.53. The second-order valence-corrected chi connectivity index (χ2v) is 3.86. The van der Waals surface area contributed by atoms with E-state index in [1.165, 1.54) is 0 Å². The van der Waals surface area contributed by atoms with Gasteiger partial charge in [0, 0.05) is 0 Å². The van der Waals surface area contributed by atoms with E-state index in [1.54, 1.807) is 0 Å². The molecular weight excluding hydrogens is 209 g/mol. The summed E-state index contributed by atoms with van der Waals surface area (Å²) in [5, 5.41) is 8.47. The fraction of sp³-hybridized carbons (Fsp3) is 0.364. The molecule has 0 atom stereocenters. The van der Waals surface area contributed by atoms with Gasteiger partial charge in [0.1, 0.15) is 0 Å². The van der Waals surface area contributed by atoms with E-state index in [1.807, 2.05) is 50.5 Å². The number of hydrogen-bond donors (Lipinski definition) is 1. The van der Waals surface area contributed by atoms with Gasteiger partial charge in [-0.3, -0.25) is 0 Å². The summed E-state index contributed by atoms with van der Waals surface area (Å²) in [7, 11) is 3.54. The summed E-state index contributed by atoms with van der Waals surface area (Å²) in [6, 6.07) is 12.0. The van der Waals surface area contributed by atoms with E-state index in [-0.39, 0.29) is 14.5 Å². The van der Waals surface area contributed by atoms with Crippen molar-refractivity contribution in [1.29, 1.82) is 0 Å². The Morgan fingerprint density at radius 3 is 1.80 bits per heavy atom. The predicted octanol–water partition coefficient (Wildman–Crippen LogP) is 1.95. The number of likely N-dealkylation sites (N-methyl/N-ethyl adjacent to an activating group) is 1. The first-order valence-electron chi connectivity index (χ1n) is 4.66. The first-order chi connectivity index (χ1) is 7.12. The van der Waals surface area contributed by atoms with Gasteiger partial charge in [-0.25, -0.2) is 0 Å². The van der Waals surface area contributed by atoms with Crippen LogP contribution in [0.2, 0.25) is 0 Å². The van der Waals surface area contributed by atoms with Crippen molar-refractivity contribution in [2.75, 3.05) is 27.2 Å². The molecule has 1 rings (SSSR count). The summed E-state index contributed by atoms with van der Waals surface area (Å²) >= 11 is 0. The fourth-order valence-electron chi connectivity index (χ4n) is 0.795. The molecule has 82 valence electrons. The molecule has 0 aromatic heterocycles. The van der Waals surface area contributed by atoms with E-state index < -0.39 is 0 Å². The Morgan fingerprint density at radius 2 is 1.53 bits per heavy atom. The van der Waals surface area contributed by atoms with Gasteiger partial charge in [0.2, 0.25) is 0 Å². The predicted molar refractivity (Wildman–Crippen MR) is 62.0 cm³/mol. The zero-order valence-corrected chi connectivity index (χ0v) is 10.0. The summed E-state index contributed by atoms with van der Waals surface area (Å²) in [5.74, 6) is 2.62. The molecule has 0 amide bonds. The molecule has 3 nitrogen and oxygen atoms in total. The molecular formula is C11H17NO2P+. The first kappa shape index (κ1) is 14.2. The van der Waals surface area contributed by atoms with Crippen LogP contribution in [0.4, 0.5) is 0 Å². The van der Waals surface area contributed by atoms with Crippen molar-refractivity contribution in [3.05, 3.63) is 36.4 Å². The molecule has 0 spiro atoms. The Balaban J connectivity index is 0.000000280. The van der Waals surface area contributed by atoms with Crippen LogP contribution in [-0.2, 0) is 4.57 Å². The third-order valence-corrected chi connectivity index (χ3v) is 2.26.